The van der Waals surface area contributed by atoms with Gasteiger partial charge >= 0.3 is 0 Å². The molecule has 1 fully saturated rings. The van der Waals surface area contributed by atoms with Crippen molar-refractivity contribution >= 4 is 6.21 Å². The predicted octanol–water partition coefficient (Wildman–Crippen LogP) is 3.12. The van der Waals surface area contributed by atoms with Crippen LogP contribution >= 0.6 is 0 Å². The van der Waals surface area contributed by atoms with Crippen LogP contribution in [-0.2, 0) is 0 Å². The van der Waals surface area contributed by atoms with Crippen LogP contribution in [0.3, 0.4) is 0 Å². The molecule has 0 bridgehead atoms. The summed E-state index contributed by atoms with van der Waals surface area (Å²) in [4.78, 5) is 7.01. The Bertz CT molecular complexity index is 294. The molecule has 0 radical (unpaired) electrons. The summed E-state index contributed by atoms with van der Waals surface area (Å²) in [7, 11) is 0. The third-order valence-electron chi connectivity index (χ3n) is 3.03. The van der Waals surface area contributed by atoms with E-state index >= 15 is 0 Å². The summed E-state index contributed by atoms with van der Waals surface area (Å²) in [5.41, 5.74) is 1.29. The van der Waals surface area contributed by atoms with Gasteiger partial charge in [-0.1, -0.05) is 6.08 Å². The van der Waals surface area contributed by atoms with Crippen LogP contribution in [-0.4, -0.2) is 24.2 Å². The van der Waals surface area contributed by atoms with Gasteiger partial charge in [-0.15, -0.1) is 0 Å². The Morgan fingerprint density at radius 2 is 1.80 bits per heavy atom. The standard InChI is InChI=1S/C13H20N2/c1-12-7-3-2-4-8-13(14-11-12)15-9-5-6-10-15/h7-8,11H,2-6,9-10H2,1H3/b12-7-,13-8-,14-11-. The predicted molar refractivity (Wildman–Crippen MR) is 65.0 cm³/mol. The smallest absolute Gasteiger partial charge is 0.124 e. The first-order valence-corrected chi connectivity index (χ1v) is 6.02. The summed E-state index contributed by atoms with van der Waals surface area (Å²) < 4.78 is 0. The van der Waals surface area contributed by atoms with E-state index in [1.807, 2.05) is 6.21 Å². The first-order chi connectivity index (χ1) is 7.36. The van der Waals surface area contributed by atoms with Gasteiger partial charge in [-0.2, -0.15) is 0 Å². The van der Waals surface area contributed by atoms with Crippen molar-refractivity contribution in [2.45, 2.75) is 39.0 Å². The molecule has 0 aromatic carbocycles. The van der Waals surface area contributed by atoms with E-state index in [4.69, 9.17) is 0 Å². The molecular formula is C13H20N2. The lowest BCUT2D eigenvalue weighted by molar-refractivity contribution is 0.420. The van der Waals surface area contributed by atoms with Gasteiger partial charge in [-0.3, -0.25) is 0 Å². The average Bonchev–Trinajstić information content (AvgIpc) is 2.75. The number of allylic oxidation sites excluding steroid dienone is 3. The van der Waals surface area contributed by atoms with E-state index in [0.717, 1.165) is 6.42 Å². The highest BCUT2D eigenvalue weighted by atomic mass is 15.2. The maximum absolute atomic E-state index is 4.60. The molecule has 2 nitrogen and oxygen atoms in total. The number of nitrogens with zero attached hydrogens (tertiary/aromatic N) is 2. The Labute approximate surface area is 92.4 Å². The molecule has 0 unspecified atom stereocenters. The molecule has 2 heteroatoms. The van der Waals surface area contributed by atoms with E-state index in [0.29, 0.717) is 0 Å². The van der Waals surface area contributed by atoms with E-state index in [2.05, 4.69) is 29.0 Å². The van der Waals surface area contributed by atoms with Gasteiger partial charge in [0.25, 0.3) is 0 Å². The summed E-state index contributed by atoms with van der Waals surface area (Å²) in [6.07, 6.45) is 12.8. The van der Waals surface area contributed by atoms with Crippen LogP contribution < -0.4 is 0 Å². The molecule has 82 valence electrons. The van der Waals surface area contributed by atoms with Crippen LogP contribution in [0.2, 0.25) is 0 Å². The molecule has 2 rings (SSSR count). The van der Waals surface area contributed by atoms with Gasteiger partial charge in [0.2, 0.25) is 0 Å². The molecule has 15 heavy (non-hydrogen) atoms. The Hall–Kier alpha value is -1.05. The van der Waals surface area contributed by atoms with Crippen molar-refractivity contribution in [2.75, 3.05) is 13.1 Å². The van der Waals surface area contributed by atoms with Gasteiger partial charge in [0, 0.05) is 19.3 Å². The molecule has 0 N–H and O–H groups in total. The molecule has 0 aromatic rings. The third-order valence-corrected chi connectivity index (χ3v) is 3.03. The minimum absolute atomic E-state index is 1.16. The van der Waals surface area contributed by atoms with Gasteiger partial charge in [0.05, 0.1) is 0 Å². The first kappa shape index (κ1) is 10.5. The monoisotopic (exact) mass is 204 g/mol. The minimum Gasteiger partial charge on any atom is -0.357 e. The summed E-state index contributed by atoms with van der Waals surface area (Å²) in [6.45, 7) is 4.51. The van der Waals surface area contributed by atoms with Crippen molar-refractivity contribution in [3.05, 3.63) is 23.5 Å². The molecule has 0 amide bonds. The quantitative estimate of drug-likeness (QED) is 0.640. The first-order valence-electron chi connectivity index (χ1n) is 6.02. The van der Waals surface area contributed by atoms with Crippen molar-refractivity contribution in [2.24, 2.45) is 4.99 Å². The van der Waals surface area contributed by atoms with Crippen LogP contribution in [0.5, 0.6) is 0 Å². The zero-order valence-electron chi connectivity index (χ0n) is 9.58. The summed E-state index contributed by atoms with van der Waals surface area (Å²) >= 11 is 0. The molecule has 1 saturated heterocycles. The molecule has 0 aliphatic carbocycles. The maximum atomic E-state index is 4.60. The SMILES string of the molecule is CC1=C/CCC/C=C(N2CCCC2)/N=C\1. The Balaban J connectivity index is 2.10. The van der Waals surface area contributed by atoms with Crippen LogP contribution in [0, 0.1) is 0 Å². The van der Waals surface area contributed by atoms with E-state index in [-0.39, 0.29) is 0 Å². The molecule has 0 atom stereocenters. The van der Waals surface area contributed by atoms with Crippen molar-refractivity contribution in [3.8, 4) is 0 Å². The lowest BCUT2D eigenvalue weighted by Gasteiger charge is -2.17. The molecule has 2 heterocycles. The van der Waals surface area contributed by atoms with E-state index < -0.39 is 0 Å². The Morgan fingerprint density at radius 1 is 1.07 bits per heavy atom. The minimum atomic E-state index is 1.16. The maximum Gasteiger partial charge on any atom is 0.124 e. The molecule has 0 aromatic heterocycles. The molecule has 0 saturated carbocycles. The second-order valence-electron chi connectivity index (χ2n) is 4.39. The fourth-order valence-corrected chi connectivity index (χ4v) is 2.11. The van der Waals surface area contributed by atoms with Crippen molar-refractivity contribution < 1.29 is 0 Å². The van der Waals surface area contributed by atoms with Gasteiger partial charge in [-0.25, -0.2) is 4.99 Å². The fourth-order valence-electron chi connectivity index (χ4n) is 2.11. The molecule has 2 aliphatic rings. The molecular weight excluding hydrogens is 184 g/mol. The van der Waals surface area contributed by atoms with Crippen molar-refractivity contribution in [1.82, 2.24) is 4.90 Å². The lowest BCUT2D eigenvalue weighted by atomic mass is 10.2. The van der Waals surface area contributed by atoms with Gasteiger partial charge < -0.3 is 4.90 Å². The summed E-state index contributed by atoms with van der Waals surface area (Å²) in [6, 6.07) is 0. The van der Waals surface area contributed by atoms with Crippen LogP contribution in [0.4, 0.5) is 0 Å². The van der Waals surface area contributed by atoms with Crippen molar-refractivity contribution in [3.63, 3.8) is 0 Å². The highest BCUT2D eigenvalue weighted by Crippen LogP contribution is 2.18. The highest BCUT2D eigenvalue weighted by molar-refractivity contribution is 5.78. The van der Waals surface area contributed by atoms with E-state index in [9.17, 15) is 0 Å². The Kier molecular flexibility index (Phi) is 3.59. The zero-order chi connectivity index (χ0) is 10.5. The topological polar surface area (TPSA) is 15.6 Å². The largest absolute Gasteiger partial charge is 0.357 e. The summed E-state index contributed by atoms with van der Waals surface area (Å²) in [5, 5.41) is 0. The number of aliphatic imine (C=N–C) groups is 1. The normalized spacial score (nSPS) is 31.9. The van der Waals surface area contributed by atoms with Crippen LogP contribution in [0.25, 0.3) is 0 Å². The number of hydrogen-bond donors (Lipinski definition) is 0. The zero-order valence-corrected chi connectivity index (χ0v) is 9.58. The molecule has 0 spiro atoms. The third kappa shape index (κ3) is 2.95. The van der Waals surface area contributed by atoms with Crippen LogP contribution in [0.1, 0.15) is 39.0 Å². The second kappa shape index (κ2) is 5.15. The van der Waals surface area contributed by atoms with E-state index in [1.165, 1.54) is 50.2 Å². The van der Waals surface area contributed by atoms with Crippen molar-refractivity contribution in [1.29, 1.82) is 0 Å². The average molecular weight is 204 g/mol. The van der Waals surface area contributed by atoms with Gasteiger partial charge in [0.15, 0.2) is 0 Å². The van der Waals surface area contributed by atoms with Gasteiger partial charge in [-0.05, 0) is 50.7 Å². The van der Waals surface area contributed by atoms with E-state index in [1.54, 1.807) is 0 Å². The molecule has 2 aliphatic heterocycles. The van der Waals surface area contributed by atoms with Crippen LogP contribution in [0.15, 0.2) is 28.5 Å². The summed E-state index contributed by atoms with van der Waals surface area (Å²) in [5.74, 6) is 1.20. The Morgan fingerprint density at radius 3 is 2.60 bits per heavy atom. The number of likely N-dealkylation sites (tertiary alicyclic amines) is 1. The fraction of sp³-hybridized carbons (Fsp3) is 0.615. The number of rotatable bonds is 1. The van der Waals surface area contributed by atoms with Gasteiger partial charge in [0.1, 0.15) is 5.82 Å². The lowest BCUT2D eigenvalue weighted by Crippen LogP contribution is -2.17. The highest BCUT2D eigenvalue weighted by Gasteiger charge is 2.13. The number of hydrogen-bond acceptors (Lipinski definition) is 2. The second-order valence-corrected chi connectivity index (χ2v) is 4.39.